The molecule has 146 valence electrons. The molecular formula is C23H31ClN2O. The lowest BCUT2D eigenvalue weighted by Gasteiger charge is -2.15. The fraction of sp³-hybridized carbons (Fsp3) is 0.435. The Labute approximate surface area is 168 Å². The second-order valence-electron chi connectivity index (χ2n) is 7.23. The molecule has 0 aliphatic carbocycles. The molecular weight excluding hydrogens is 356 g/mol. The lowest BCUT2D eigenvalue weighted by atomic mass is 10.1. The molecule has 0 atom stereocenters. The molecule has 27 heavy (non-hydrogen) atoms. The molecule has 3 nitrogen and oxygen atoms in total. The fourth-order valence-corrected chi connectivity index (χ4v) is 3.68. The Morgan fingerprint density at radius 1 is 0.852 bits per heavy atom. The van der Waals surface area contributed by atoms with Crippen molar-refractivity contribution in [1.29, 1.82) is 0 Å². The number of halogens is 1. The lowest BCUT2D eigenvalue weighted by Crippen LogP contribution is -2.20. The van der Waals surface area contributed by atoms with Crippen LogP contribution in [-0.2, 0) is 0 Å². The van der Waals surface area contributed by atoms with E-state index in [0.717, 1.165) is 41.2 Å². The Kier molecular flexibility index (Phi) is 8.33. The number of fused-ring (bicyclic) bond motifs is 3. The topological polar surface area (TPSA) is 25.2 Å². The van der Waals surface area contributed by atoms with Gasteiger partial charge >= 0.3 is 0 Å². The standard InChI is InChI=1S/C23H30N2O.ClH/c1-3-4-17-24(2)18-11-5-6-16-23(26)25-21-14-9-7-12-19(21)20-13-8-10-15-22(20)25;/h7-10,12-15H,3-6,11,16-18H2,1-2H3;1H. The molecule has 0 aliphatic heterocycles. The predicted molar refractivity (Wildman–Crippen MR) is 118 cm³/mol. The molecule has 3 rings (SSSR count). The van der Waals surface area contributed by atoms with Gasteiger partial charge in [0.05, 0.1) is 11.0 Å². The van der Waals surface area contributed by atoms with Crippen molar-refractivity contribution in [2.24, 2.45) is 0 Å². The molecule has 0 amide bonds. The van der Waals surface area contributed by atoms with E-state index in [1.165, 1.54) is 25.8 Å². The minimum absolute atomic E-state index is 0. The molecule has 0 unspecified atom stereocenters. The van der Waals surface area contributed by atoms with E-state index in [9.17, 15) is 4.79 Å². The first kappa shape index (κ1) is 21.5. The molecule has 0 fully saturated rings. The smallest absolute Gasteiger partial charge is 0.231 e. The minimum atomic E-state index is 0. The zero-order chi connectivity index (χ0) is 18.4. The van der Waals surface area contributed by atoms with Crippen LogP contribution in [0.1, 0.15) is 50.2 Å². The van der Waals surface area contributed by atoms with Crippen molar-refractivity contribution in [2.75, 3.05) is 20.1 Å². The summed E-state index contributed by atoms with van der Waals surface area (Å²) in [7, 11) is 2.19. The average molecular weight is 387 g/mol. The van der Waals surface area contributed by atoms with Gasteiger partial charge in [0, 0.05) is 17.2 Å². The van der Waals surface area contributed by atoms with E-state index in [0.29, 0.717) is 6.42 Å². The highest BCUT2D eigenvalue weighted by Gasteiger charge is 2.14. The van der Waals surface area contributed by atoms with Gasteiger partial charge in [-0.15, -0.1) is 12.4 Å². The maximum Gasteiger partial charge on any atom is 0.231 e. The number of para-hydroxylation sites is 2. The van der Waals surface area contributed by atoms with E-state index < -0.39 is 0 Å². The van der Waals surface area contributed by atoms with E-state index >= 15 is 0 Å². The number of aromatic nitrogens is 1. The van der Waals surface area contributed by atoms with Crippen LogP contribution in [0.15, 0.2) is 48.5 Å². The maximum absolute atomic E-state index is 12.9. The average Bonchev–Trinajstić information content (AvgIpc) is 3.00. The summed E-state index contributed by atoms with van der Waals surface area (Å²) in [4.78, 5) is 15.3. The lowest BCUT2D eigenvalue weighted by molar-refractivity contribution is 0.0909. The number of hydrogen-bond acceptors (Lipinski definition) is 2. The van der Waals surface area contributed by atoms with E-state index in [2.05, 4.69) is 43.1 Å². The number of nitrogens with zero attached hydrogens (tertiary/aromatic N) is 2. The minimum Gasteiger partial charge on any atom is -0.306 e. The van der Waals surface area contributed by atoms with Crippen LogP contribution in [0.4, 0.5) is 0 Å². The number of unbranched alkanes of at least 4 members (excludes halogenated alkanes) is 3. The third-order valence-corrected chi connectivity index (χ3v) is 5.15. The van der Waals surface area contributed by atoms with Crippen molar-refractivity contribution >= 4 is 40.1 Å². The van der Waals surface area contributed by atoms with Gasteiger partial charge in [0.1, 0.15) is 0 Å². The molecule has 0 saturated carbocycles. The van der Waals surface area contributed by atoms with Crippen molar-refractivity contribution in [2.45, 2.75) is 45.4 Å². The third-order valence-electron chi connectivity index (χ3n) is 5.15. The first-order chi connectivity index (χ1) is 12.7. The van der Waals surface area contributed by atoms with Gasteiger partial charge in [0.25, 0.3) is 0 Å². The Morgan fingerprint density at radius 3 is 2.00 bits per heavy atom. The van der Waals surface area contributed by atoms with Crippen molar-refractivity contribution in [1.82, 2.24) is 9.47 Å². The molecule has 0 aliphatic rings. The van der Waals surface area contributed by atoms with Gasteiger partial charge in [-0.25, -0.2) is 0 Å². The summed E-state index contributed by atoms with van der Waals surface area (Å²) in [5, 5.41) is 2.32. The van der Waals surface area contributed by atoms with Gasteiger partial charge in [0.15, 0.2) is 0 Å². The van der Waals surface area contributed by atoms with Gasteiger partial charge in [0.2, 0.25) is 5.91 Å². The third kappa shape index (κ3) is 5.12. The van der Waals surface area contributed by atoms with Crippen molar-refractivity contribution in [3.8, 4) is 0 Å². The molecule has 2 aromatic carbocycles. The molecule has 0 radical (unpaired) electrons. The van der Waals surface area contributed by atoms with Crippen LogP contribution >= 0.6 is 12.4 Å². The highest BCUT2D eigenvalue weighted by Crippen LogP contribution is 2.29. The first-order valence-corrected chi connectivity index (χ1v) is 9.92. The summed E-state index contributed by atoms with van der Waals surface area (Å²) in [6.45, 7) is 4.54. The van der Waals surface area contributed by atoms with Crippen LogP contribution in [-0.4, -0.2) is 35.5 Å². The summed E-state index contributed by atoms with van der Waals surface area (Å²) < 4.78 is 1.91. The highest BCUT2D eigenvalue weighted by molar-refractivity contribution is 6.13. The number of benzene rings is 2. The number of carbonyl (C=O) groups excluding carboxylic acids is 1. The Hall–Kier alpha value is -1.84. The second-order valence-corrected chi connectivity index (χ2v) is 7.23. The summed E-state index contributed by atoms with van der Waals surface area (Å²) in [5.74, 6) is 0.210. The second kappa shape index (κ2) is 10.5. The Morgan fingerprint density at radius 2 is 1.41 bits per heavy atom. The predicted octanol–water partition coefficient (Wildman–Crippen LogP) is 6.15. The van der Waals surface area contributed by atoms with Gasteiger partial charge < -0.3 is 4.90 Å². The van der Waals surface area contributed by atoms with Crippen LogP contribution in [0.2, 0.25) is 0 Å². The zero-order valence-corrected chi connectivity index (χ0v) is 17.3. The summed E-state index contributed by atoms with van der Waals surface area (Å²) in [6, 6.07) is 16.4. The Bertz CT molecular complexity index is 818. The van der Waals surface area contributed by atoms with E-state index in [1.54, 1.807) is 0 Å². The molecule has 0 bridgehead atoms. The van der Waals surface area contributed by atoms with Crippen molar-refractivity contribution < 1.29 is 4.79 Å². The van der Waals surface area contributed by atoms with Crippen LogP contribution < -0.4 is 0 Å². The van der Waals surface area contributed by atoms with Gasteiger partial charge in [-0.05, 0) is 51.5 Å². The van der Waals surface area contributed by atoms with Crippen molar-refractivity contribution in [3.63, 3.8) is 0 Å². The molecule has 4 heteroatoms. The number of hydrogen-bond donors (Lipinski definition) is 0. The molecule has 1 aromatic heterocycles. The fourth-order valence-electron chi connectivity index (χ4n) is 3.68. The number of carbonyl (C=O) groups is 1. The van der Waals surface area contributed by atoms with Crippen LogP contribution in [0, 0.1) is 0 Å². The van der Waals surface area contributed by atoms with Crippen LogP contribution in [0.25, 0.3) is 21.8 Å². The largest absolute Gasteiger partial charge is 0.306 e. The molecule has 0 N–H and O–H groups in total. The first-order valence-electron chi connectivity index (χ1n) is 9.92. The SMILES string of the molecule is CCCCN(C)CCCCCC(=O)n1c2ccccc2c2ccccc21.Cl. The van der Waals surface area contributed by atoms with E-state index in [1.807, 2.05) is 28.8 Å². The monoisotopic (exact) mass is 386 g/mol. The highest BCUT2D eigenvalue weighted by atomic mass is 35.5. The zero-order valence-electron chi connectivity index (χ0n) is 16.5. The van der Waals surface area contributed by atoms with Crippen LogP contribution in [0.5, 0.6) is 0 Å². The van der Waals surface area contributed by atoms with Gasteiger partial charge in [-0.3, -0.25) is 9.36 Å². The molecule has 1 heterocycles. The normalized spacial score (nSPS) is 11.2. The van der Waals surface area contributed by atoms with E-state index in [4.69, 9.17) is 0 Å². The molecule has 0 saturated heterocycles. The van der Waals surface area contributed by atoms with Crippen LogP contribution in [0.3, 0.4) is 0 Å². The van der Waals surface area contributed by atoms with Gasteiger partial charge in [-0.2, -0.15) is 0 Å². The molecule has 3 aromatic rings. The van der Waals surface area contributed by atoms with E-state index in [-0.39, 0.29) is 18.3 Å². The number of rotatable bonds is 9. The van der Waals surface area contributed by atoms with Crippen molar-refractivity contribution in [3.05, 3.63) is 48.5 Å². The summed E-state index contributed by atoms with van der Waals surface area (Å²) >= 11 is 0. The summed E-state index contributed by atoms with van der Waals surface area (Å²) in [6.07, 6.45) is 6.36. The quantitative estimate of drug-likeness (QED) is 0.412. The Balaban J connectivity index is 0.00000261. The summed E-state index contributed by atoms with van der Waals surface area (Å²) in [5.41, 5.74) is 2.05. The maximum atomic E-state index is 12.9. The molecule has 0 spiro atoms. The van der Waals surface area contributed by atoms with Gasteiger partial charge in [-0.1, -0.05) is 56.2 Å².